The first kappa shape index (κ1) is 24.7. The van der Waals surface area contributed by atoms with Crippen LogP contribution in [0.15, 0.2) is 30.3 Å². The van der Waals surface area contributed by atoms with Gasteiger partial charge in [0.1, 0.15) is 11.9 Å². The third-order valence-electron chi connectivity index (χ3n) is 8.56. The van der Waals surface area contributed by atoms with Gasteiger partial charge in [0.2, 0.25) is 5.82 Å². The van der Waals surface area contributed by atoms with Crippen LogP contribution in [0.4, 0.5) is 13.2 Å². The molecule has 1 heterocycles. The van der Waals surface area contributed by atoms with Gasteiger partial charge in [-0.1, -0.05) is 38.0 Å². The summed E-state index contributed by atoms with van der Waals surface area (Å²) >= 11 is 0. The molecule has 2 aromatic carbocycles. The van der Waals surface area contributed by atoms with Gasteiger partial charge in [-0.25, -0.2) is 8.78 Å². The van der Waals surface area contributed by atoms with Crippen molar-refractivity contribution in [1.29, 1.82) is 0 Å². The predicted molar refractivity (Wildman–Crippen MR) is 131 cm³/mol. The highest BCUT2D eigenvalue weighted by molar-refractivity contribution is 5.33. The summed E-state index contributed by atoms with van der Waals surface area (Å²) in [5.74, 6) is -0.259. The van der Waals surface area contributed by atoms with Gasteiger partial charge in [0.25, 0.3) is 0 Å². The zero-order valence-electron chi connectivity index (χ0n) is 20.7. The maximum atomic E-state index is 14.9. The quantitative estimate of drug-likeness (QED) is 0.349. The van der Waals surface area contributed by atoms with Crippen LogP contribution in [0.25, 0.3) is 0 Å². The molecular formula is C30H37F3O2. The second-order valence-electron chi connectivity index (χ2n) is 10.9. The number of rotatable bonds is 8. The van der Waals surface area contributed by atoms with E-state index in [0.29, 0.717) is 36.2 Å². The van der Waals surface area contributed by atoms with E-state index >= 15 is 0 Å². The zero-order valence-corrected chi connectivity index (χ0v) is 20.7. The predicted octanol–water partition coefficient (Wildman–Crippen LogP) is 8.60. The Morgan fingerprint density at radius 3 is 2.11 bits per heavy atom. The van der Waals surface area contributed by atoms with E-state index in [0.717, 1.165) is 62.8 Å². The van der Waals surface area contributed by atoms with Crippen LogP contribution in [0.2, 0.25) is 0 Å². The van der Waals surface area contributed by atoms with Crippen LogP contribution in [0.1, 0.15) is 106 Å². The van der Waals surface area contributed by atoms with E-state index < -0.39 is 11.6 Å². The second-order valence-corrected chi connectivity index (χ2v) is 10.9. The van der Waals surface area contributed by atoms with Crippen molar-refractivity contribution in [2.24, 2.45) is 11.8 Å². The van der Waals surface area contributed by atoms with Crippen LogP contribution in [0.5, 0.6) is 5.75 Å². The van der Waals surface area contributed by atoms with E-state index in [4.69, 9.17) is 9.47 Å². The molecule has 0 N–H and O–H groups in total. The van der Waals surface area contributed by atoms with E-state index in [9.17, 15) is 13.2 Å². The molecule has 5 heteroatoms. The van der Waals surface area contributed by atoms with Crippen LogP contribution in [0.3, 0.4) is 0 Å². The van der Waals surface area contributed by atoms with Crippen LogP contribution in [-0.4, -0.2) is 13.2 Å². The highest BCUT2D eigenvalue weighted by Gasteiger charge is 2.30. The minimum Gasteiger partial charge on any atom is -0.490 e. The average Bonchev–Trinajstić information content (AvgIpc) is 3.71. The van der Waals surface area contributed by atoms with Gasteiger partial charge in [-0.3, -0.25) is 0 Å². The fourth-order valence-corrected chi connectivity index (χ4v) is 6.30. The third kappa shape index (κ3) is 5.71. The molecule has 0 spiro atoms. The summed E-state index contributed by atoms with van der Waals surface area (Å²) in [7, 11) is 0. The first-order chi connectivity index (χ1) is 17.0. The number of epoxide rings is 1. The Labute approximate surface area is 207 Å². The van der Waals surface area contributed by atoms with Gasteiger partial charge in [-0.05, 0) is 98.3 Å². The normalized spacial score (nSPS) is 28.6. The Bertz CT molecular complexity index is 1000. The fraction of sp³-hybridized carbons (Fsp3) is 0.600. The van der Waals surface area contributed by atoms with E-state index in [1.165, 1.54) is 12.8 Å². The molecule has 1 aliphatic heterocycles. The molecule has 0 bridgehead atoms. The number of hydrogen-bond acceptors (Lipinski definition) is 2. The van der Waals surface area contributed by atoms with Gasteiger partial charge in [-0.15, -0.1) is 0 Å². The molecule has 0 amide bonds. The van der Waals surface area contributed by atoms with Gasteiger partial charge < -0.3 is 9.47 Å². The molecule has 0 aromatic heterocycles. The Hall–Kier alpha value is -2.01. The standard InChI is InChI=1S/C30H37F3O2/c1-2-3-19-4-10-22(11-5-19)24-14-15-27(30(33)29(24)32)34-17-20-6-8-21(9-7-20)23-12-13-25(26(31)16-23)28-18-35-28/h12-16,19-22,28H,2-11,17-18H2,1H3. The molecular weight excluding hydrogens is 449 g/mol. The average molecular weight is 487 g/mol. The topological polar surface area (TPSA) is 21.8 Å². The maximum Gasteiger partial charge on any atom is 0.200 e. The van der Waals surface area contributed by atoms with Crippen molar-refractivity contribution in [3.05, 3.63) is 64.5 Å². The van der Waals surface area contributed by atoms with Crippen molar-refractivity contribution in [1.82, 2.24) is 0 Å². The number of benzene rings is 2. The summed E-state index contributed by atoms with van der Waals surface area (Å²) in [6.45, 7) is 3.20. The molecule has 2 saturated carbocycles. The van der Waals surface area contributed by atoms with Crippen LogP contribution in [-0.2, 0) is 4.74 Å². The van der Waals surface area contributed by atoms with E-state index in [-0.39, 0.29) is 23.6 Å². The molecule has 1 unspecified atom stereocenters. The van der Waals surface area contributed by atoms with Crippen molar-refractivity contribution >= 4 is 0 Å². The van der Waals surface area contributed by atoms with Crippen molar-refractivity contribution in [2.75, 3.05) is 13.2 Å². The molecule has 3 aliphatic rings. The third-order valence-corrected chi connectivity index (χ3v) is 8.56. The largest absolute Gasteiger partial charge is 0.490 e. The second kappa shape index (κ2) is 10.9. The van der Waals surface area contributed by atoms with Gasteiger partial charge >= 0.3 is 0 Å². The van der Waals surface area contributed by atoms with Crippen LogP contribution >= 0.6 is 0 Å². The van der Waals surface area contributed by atoms with Gasteiger partial charge in [-0.2, -0.15) is 4.39 Å². The summed E-state index contributed by atoms with van der Waals surface area (Å²) < 4.78 is 55.1. The monoisotopic (exact) mass is 486 g/mol. The number of ether oxygens (including phenoxy) is 2. The molecule has 190 valence electrons. The SMILES string of the molecule is CCCC1CCC(c2ccc(OCC3CCC(c4ccc(C5CO5)c(F)c4)CC3)c(F)c2F)CC1. The van der Waals surface area contributed by atoms with Crippen molar-refractivity contribution in [3.8, 4) is 5.75 Å². The minimum atomic E-state index is -0.845. The molecule has 2 aliphatic carbocycles. The first-order valence-electron chi connectivity index (χ1n) is 13.5. The lowest BCUT2D eigenvalue weighted by molar-refractivity contribution is 0.192. The lowest BCUT2D eigenvalue weighted by Gasteiger charge is -2.30. The van der Waals surface area contributed by atoms with Gasteiger partial charge in [0.05, 0.1) is 13.2 Å². The molecule has 2 aromatic rings. The Morgan fingerprint density at radius 2 is 1.46 bits per heavy atom. The number of halogens is 3. The summed E-state index contributed by atoms with van der Waals surface area (Å²) in [5, 5.41) is 0. The molecule has 0 radical (unpaired) electrons. The zero-order chi connectivity index (χ0) is 24.4. The Balaban J connectivity index is 1.12. The van der Waals surface area contributed by atoms with Crippen molar-refractivity contribution in [3.63, 3.8) is 0 Å². The molecule has 5 rings (SSSR count). The molecule has 1 atom stereocenters. The Morgan fingerprint density at radius 1 is 0.800 bits per heavy atom. The lowest BCUT2D eigenvalue weighted by atomic mass is 9.77. The van der Waals surface area contributed by atoms with Crippen molar-refractivity contribution < 1.29 is 22.6 Å². The summed E-state index contributed by atoms with van der Waals surface area (Å²) in [6.07, 6.45) is 10.2. The summed E-state index contributed by atoms with van der Waals surface area (Å²) in [6, 6.07) is 8.90. The number of hydrogen-bond donors (Lipinski definition) is 0. The first-order valence-corrected chi connectivity index (χ1v) is 13.5. The van der Waals surface area contributed by atoms with E-state index in [1.807, 2.05) is 12.1 Å². The molecule has 2 nitrogen and oxygen atoms in total. The summed E-state index contributed by atoms with van der Waals surface area (Å²) in [4.78, 5) is 0. The van der Waals surface area contributed by atoms with Crippen LogP contribution in [0, 0.1) is 29.3 Å². The molecule has 1 saturated heterocycles. The van der Waals surface area contributed by atoms with Crippen molar-refractivity contribution in [2.45, 2.75) is 89.1 Å². The van der Waals surface area contributed by atoms with Gasteiger partial charge in [0.15, 0.2) is 11.6 Å². The smallest absolute Gasteiger partial charge is 0.200 e. The molecule has 3 fully saturated rings. The highest BCUT2D eigenvalue weighted by Crippen LogP contribution is 2.41. The summed E-state index contributed by atoms with van der Waals surface area (Å²) in [5.41, 5.74) is 2.20. The fourth-order valence-electron chi connectivity index (χ4n) is 6.30. The lowest BCUT2D eigenvalue weighted by Crippen LogP contribution is -2.20. The van der Waals surface area contributed by atoms with Crippen LogP contribution < -0.4 is 4.74 Å². The maximum absolute atomic E-state index is 14.9. The Kier molecular flexibility index (Phi) is 7.71. The molecule has 35 heavy (non-hydrogen) atoms. The highest BCUT2D eigenvalue weighted by atomic mass is 19.2. The van der Waals surface area contributed by atoms with E-state index in [2.05, 4.69) is 6.92 Å². The van der Waals surface area contributed by atoms with E-state index in [1.54, 1.807) is 18.2 Å². The van der Waals surface area contributed by atoms with Gasteiger partial charge in [0, 0.05) is 5.56 Å². The minimum absolute atomic E-state index is 0.0213.